The number of carbonyl (C=O) groups is 1. The average Bonchev–Trinajstić information content (AvgIpc) is 3.58. The number of rotatable bonds is 5. The Labute approximate surface area is 195 Å². The summed E-state index contributed by atoms with van der Waals surface area (Å²) in [4.78, 5) is 14.5. The van der Waals surface area contributed by atoms with Crippen LogP contribution in [0.5, 0.6) is 5.75 Å². The molecule has 1 aliphatic rings. The van der Waals surface area contributed by atoms with Gasteiger partial charge in [-0.25, -0.2) is 9.69 Å². The highest BCUT2D eigenvalue weighted by atomic mass is 79.9. The fourth-order valence-electron chi connectivity index (χ4n) is 3.38. The summed E-state index contributed by atoms with van der Waals surface area (Å²) in [7, 11) is 0. The maximum absolute atomic E-state index is 13.1. The van der Waals surface area contributed by atoms with Gasteiger partial charge in [0.2, 0.25) is 0 Å². The largest absolute Gasteiger partial charge is 0.488 e. The molecule has 3 aromatic rings. The second-order valence-electron chi connectivity index (χ2n) is 8.46. The van der Waals surface area contributed by atoms with Crippen LogP contribution in [0.3, 0.4) is 0 Å². The molecule has 1 saturated heterocycles. The van der Waals surface area contributed by atoms with Gasteiger partial charge in [0.15, 0.2) is 6.23 Å². The number of carbonyl (C=O) groups excluding carboxylic acids is 1. The van der Waals surface area contributed by atoms with E-state index in [1.165, 1.54) is 4.90 Å². The molecular formula is C25H23BrN2O4. The molecule has 1 heterocycles. The Hall–Kier alpha value is -3.08. The van der Waals surface area contributed by atoms with Gasteiger partial charge in [-0.15, -0.1) is 0 Å². The Morgan fingerprint density at radius 2 is 1.94 bits per heavy atom. The zero-order valence-corrected chi connectivity index (χ0v) is 19.7. The monoisotopic (exact) mass is 494 g/mol. The van der Waals surface area contributed by atoms with Gasteiger partial charge in [-0.1, -0.05) is 42.5 Å². The van der Waals surface area contributed by atoms with Crippen molar-refractivity contribution in [1.82, 2.24) is 0 Å². The lowest BCUT2D eigenvalue weighted by atomic mass is 10.0. The zero-order chi connectivity index (χ0) is 22.9. The van der Waals surface area contributed by atoms with Crippen LogP contribution in [0.4, 0.5) is 10.5 Å². The van der Waals surface area contributed by atoms with Crippen LogP contribution in [0, 0.1) is 11.3 Å². The first-order chi connectivity index (χ1) is 15.3. The summed E-state index contributed by atoms with van der Waals surface area (Å²) >= 11 is 3.64. The van der Waals surface area contributed by atoms with Crippen LogP contribution in [-0.2, 0) is 16.1 Å². The third kappa shape index (κ3) is 4.72. The predicted octanol–water partition coefficient (Wildman–Crippen LogP) is 6.15. The highest BCUT2D eigenvalue weighted by Gasteiger charge is 2.39. The third-order valence-corrected chi connectivity index (χ3v) is 5.66. The first-order valence-corrected chi connectivity index (χ1v) is 11.0. The number of ether oxygens (including phenoxy) is 3. The minimum atomic E-state index is -0.669. The van der Waals surface area contributed by atoms with E-state index in [4.69, 9.17) is 14.2 Å². The molecule has 32 heavy (non-hydrogen) atoms. The van der Waals surface area contributed by atoms with Gasteiger partial charge in [-0.05, 0) is 48.3 Å². The summed E-state index contributed by atoms with van der Waals surface area (Å²) in [5.41, 5.74) is 1.34. The van der Waals surface area contributed by atoms with Gasteiger partial charge < -0.3 is 14.2 Å². The van der Waals surface area contributed by atoms with Crippen LogP contribution in [0.1, 0.15) is 31.9 Å². The first kappa shape index (κ1) is 22.1. The van der Waals surface area contributed by atoms with Crippen molar-refractivity contribution in [3.8, 4) is 11.8 Å². The van der Waals surface area contributed by atoms with Gasteiger partial charge in [-0.3, -0.25) is 0 Å². The molecule has 0 aliphatic carbocycles. The van der Waals surface area contributed by atoms with Crippen molar-refractivity contribution in [2.75, 3.05) is 11.5 Å². The molecule has 7 heteroatoms. The molecule has 0 aromatic heterocycles. The molecule has 164 valence electrons. The van der Waals surface area contributed by atoms with Crippen LogP contribution in [0.25, 0.3) is 10.8 Å². The van der Waals surface area contributed by atoms with Gasteiger partial charge >= 0.3 is 6.09 Å². The number of anilines is 1. The van der Waals surface area contributed by atoms with Crippen LogP contribution >= 0.6 is 15.9 Å². The molecule has 0 bridgehead atoms. The molecule has 1 atom stereocenters. The third-order valence-electron chi connectivity index (χ3n) is 4.85. The standard InChI is InChI=1S/C25H23BrN2O4/c1-25(2,3)32-24(29)28(21-15-31-21)19-12-20(30-14-16-8-5-4-6-9-16)18-11-7-10-17(13-27)22(18)23(19)26/h4-12,21H,14-15H2,1-3H3. The molecule has 4 rings (SSSR count). The Morgan fingerprint density at radius 1 is 1.22 bits per heavy atom. The number of halogens is 1. The smallest absolute Gasteiger partial charge is 0.417 e. The molecular weight excluding hydrogens is 472 g/mol. The second kappa shape index (κ2) is 8.81. The second-order valence-corrected chi connectivity index (χ2v) is 9.25. The van der Waals surface area contributed by atoms with Crippen molar-refractivity contribution >= 4 is 38.5 Å². The minimum Gasteiger partial charge on any atom is -0.488 e. The molecule has 0 spiro atoms. The van der Waals surface area contributed by atoms with Crippen molar-refractivity contribution in [3.05, 3.63) is 70.2 Å². The van der Waals surface area contributed by atoms with Crippen LogP contribution in [-0.4, -0.2) is 24.5 Å². The van der Waals surface area contributed by atoms with Crippen molar-refractivity contribution in [1.29, 1.82) is 5.26 Å². The van der Waals surface area contributed by atoms with Crippen molar-refractivity contribution in [2.45, 2.75) is 39.2 Å². The molecule has 0 saturated carbocycles. The fraction of sp³-hybridized carbons (Fsp3) is 0.280. The predicted molar refractivity (Wildman–Crippen MR) is 126 cm³/mol. The van der Waals surface area contributed by atoms with Crippen molar-refractivity contribution in [2.24, 2.45) is 0 Å². The van der Waals surface area contributed by atoms with Crippen molar-refractivity contribution in [3.63, 3.8) is 0 Å². The topological polar surface area (TPSA) is 75.1 Å². The maximum Gasteiger partial charge on any atom is 0.417 e. The van der Waals surface area contributed by atoms with E-state index in [0.29, 0.717) is 40.1 Å². The number of fused-ring (bicyclic) bond motifs is 1. The summed E-state index contributed by atoms with van der Waals surface area (Å²) in [6.07, 6.45) is -0.960. The summed E-state index contributed by atoms with van der Waals surface area (Å²) in [6.45, 7) is 6.20. The lowest BCUT2D eigenvalue weighted by molar-refractivity contribution is 0.0564. The Morgan fingerprint density at radius 3 is 2.56 bits per heavy atom. The summed E-state index contributed by atoms with van der Waals surface area (Å²) in [6, 6.07) is 19.3. The molecule has 0 N–H and O–H groups in total. The highest BCUT2D eigenvalue weighted by molar-refractivity contribution is 9.10. The van der Waals surface area contributed by atoms with Gasteiger partial charge in [0.05, 0.1) is 28.4 Å². The first-order valence-electron chi connectivity index (χ1n) is 10.2. The zero-order valence-electron chi connectivity index (χ0n) is 18.1. The van der Waals surface area contributed by atoms with Crippen LogP contribution < -0.4 is 9.64 Å². The fourth-order valence-corrected chi connectivity index (χ4v) is 4.12. The van der Waals surface area contributed by atoms with E-state index in [1.807, 2.05) is 63.2 Å². The molecule has 6 nitrogen and oxygen atoms in total. The molecule has 3 aromatic carbocycles. The molecule has 1 aliphatic heterocycles. The molecule has 1 fully saturated rings. The van der Waals surface area contributed by atoms with E-state index in [9.17, 15) is 10.1 Å². The minimum absolute atomic E-state index is 0.347. The quantitative estimate of drug-likeness (QED) is 0.397. The van der Waals surface area contributed by atoms with E-state index in [1.54, 1.807) is 12.1 Å². The highest BCUT2D eigenvalue weighted by Crippen LogP contribution is 2.43. The summed E-state index contributed by atoms with van der Waals surface area (Å²) < 4.78 is 17.9. The molecule has 0 radical (unpaired) electrons. The van der Waals surface area contributed by atoms with Crippen molar-refractivity contribution < 1.29 is 19.0 Å². The number of nitrogens with zero attached hydrogens (tertiary/aromatic N) is 2. The van der Waals surface area contributed by atoms with Gasteiger partial charge in [0.25, 0.3) is 0 Å². The molecule has 1 amide bonds. The normalized spacial score (nSPS) is 15.2. The number of hydrogen-bond donors (Lipinski definition) is 0. The Kier molecular flexibility index (Phi) is 6.09. The van der Waals surface area contributed by atoms with Crippen LogP contribution in [0.15, 0.2) is 59.1 Å². The average molecular weight is 495 g/mol. The number of hydrogen-bond acceptors (Lipinski definition) is 5. The van der Waals surface area contributed by atoms with Gasteiger partial charge in [0, 0.05) is 16.8 Å². The van der Waals surface area contributed by atoms with E-state index < -0.39 is 17.9 Å². The number of benzene rings is 3. The van der Waals surface area contributed by atoms with Gasteiger partial charge in [0.1, 0.15) is 18.0 Å². The number of nitriles is 1. The molecule has 1 unspecified atom stereocenters. The number of epoxide rings is 1. The number of amides is 1. The lowest BCUT2D eigenvalue weighted by Gasteiger charge is -2.28. The lowest BCUT2D eigenvalue weighted by Crippen LogP contribution is -2.39. The van der Waals surface area contributed by atoms with E-state index >= 15 is 0 Å². The Balaban J connectivity index is 1.83. The summed E-state index contributed by atoms with van der Waals surface area (Å²) in [5, 5.41) is 11.2. The summed E-state index contributed by atoms with van der Waals surface area (Å²) in [5.74, 6) is 0.563. The Bertz CT molecular complexity index is 1190. The van der Waals surface area contributed by atoms with Gasteiger partial charge in [-0.2, -0.15) is 5.26 Å². The van der Waals surface area contributed by atoms with E-state index in [0.717, 1.165) is 10.9 Å². The van der Waals surface area contributed by atoms with Crippen LogP contribution in [0.2, 0.25) is 0 Å². The van der Waals surface area contributed by atoms with E-state index in [-0.39, 0.29) is 0 Å². The maximum atomic E-state index is 13.1. The van der Waals surface area contributed by atoms with E-state index in [2.05, 4.69) is 22.0 Å². The SMILES string of the molecule is CC(C)(C)OC(=O)N(c1cc(OCc2ccccc2)c2cccc(C#N)c2c1Br)C1CO1.